The number of nitrogens with zero attached hydrogens (tertiary/aromatic N) is 5. The van der Waals surface area contributed by atoms with Crippen molar-refractivity contribution < 1.29 is 4.42 Å². The Bertz CT molecular complexity index is 1450. The van der Waals surface area contributed by atoms with Crippen LogP contribution in [0.25, 0.3) is 22.5 Å². The van der Waals surface area contributed by atoms with Crippen molar-refractivity contribution >= 4 is 34.4 Å². The molecule has 0 saturated heterocycles. The fourth-order valence-corrected chi connectivity index (χ4v) is 4.25. The Morgan fingerprint density at radius 1 is 1.06 bits per heavy atom. The number of halogens is 1. The summed E-state index contributed by atoms with van der Waals surface area (Å²) in [5.41, 5.74) is 0.469. The second-order valence-electron chi connectivity index (χ2n) is 8.42. The minimum Gasteiger partial charge on any atom is -0.444 e. The molecule has 8 nitrogen and oxygen atoms in total. The highest BCUT2D eigenvalue weighted by atomic mass is 35.5. The van der Waals surface area contributed by atoms with Gasteiger partial charge in [-0.15, -0.1) is 0 Å². The van der Waals surface area contributed by atoms with Gasteiger partial charge in [-0.2, -0.15) is 0 Å². The van der Waals surface area contributed by atoms with E-state index in [1.165, 1.54) is 23.4 Å². The molecular formula is C22H22ClN5O3S. The number of fused-ring (bicyclic) bond motifs is 1. The third-order valence-corrected chi connectivity index (χ3v) is 6.29. The first kappa shape index (κ1) is 22.3. The molecule has 0 N–H and O–H groups in total. The molecule has 4 aromatic rings. The van der Waals surface area contributed by atoms with E-state index in [1.807, 2.05) is 39.0 Å². The molecule has 0 amide bonds. The largest absolute Gasteiger partial charge is 0.444 e. The Kier molecular flexibility index (Phi) is 5.72. The van der Waals surface area contributed by atoms with Gasteiger partial charge in [-0.05, 0) is 12.1 Å². The van der Waals surface area contributed by atoms with Gasteiger partial charge in [0.25, 0.3) is 5.56 Å². The smallest absolute Gasteiger partial charge is 0.332 e. The van der Waals surface area contributed by atoms with E-state index in [2.05, 4.69) is 15.0 Å². The van der Waals surface area contributed by atoms with Gasteiger partial charge in [-0.3, -0.25) is 13.9 Å². The highest BCUT2D eigenvalue weighted by Gasteiger charge is 2.24. The Hall–Kier alpha value is -2.91. The van der Waals surface area contributed by atoms with Gasteiger partial charge in [0.1, 0.15) is 22.5 Å². The average Bonchev–Trinajstić information content (AvgIpc) is 3.22. The summed E-state index contributed by atoms with van der Waals surface area (Å²) in [5, 5.41) is 1.36. The van der Waals surface area contributed by atoms with Gasteiger partial charge in [0, 0.05) is 25.3 Å². The topological polar surface area (TPSA) is 95.8 Å². The number of hydrogen-bond donors (Lipinski definition) is 0. The molecule has 0 saturated carbocycles. The van der Waals surface area contributed by atoms with E-state index in [9.17, 15) is 9.59 Å². The van der Waals surface area contributed by atoms with Crippen molar-refractivity contribution in [2.75, 3.05) is 0 Å². The number of rotatable bonds is 4. The SMILES string of the molecule is Cn1c(=O)c2c(SCc3coc(-c4ccccc4Cl)n3)nc(C(C)(C)C)nc2n(C)c1=O. The molecule has 166 valence electrons. The molecule has 0 aliphatic carbocycles. The second-order valence-corrected chi connectivity index (χ2v) is 9.79. The molecule has 0 bridgehead atoms. The molecule has 4 rings (SSSR count). The highest BCUT2D eigenvalue weighted by molar-refractivity contribution is 7.98. The molecule has 0 spiro atoms. The predicted octanol–water partition coefficient (Wildman–Crippen LogP) is 3.93. The van der Waals surface area contributed by atoms with Crippen LogP contribution in [0.15, 0.2) is 49.6 Å². The van der Waals surface area contributed by atoms with E-state index in [4.69, 9.17) is 16.0 Å². The molecule has 10 heteroatoms. The predicted molar refractivity (Wildman–Crippen MR) is 125 cm³/mol. The molecule has 0 fully saturated rings. The van der Waals surface area contributed by atoms with E-state index in [0.29, 0.717) is 49.8 Å². The third kappa shape index (κ3) is 3.98. The number of aromatic nitrogens is 5. The van der Waals surface area contributed by atoms with Crippen LogP contribution in [-0.2, 0) is 25.3 Å². The van der Waals surface area contributed by atoms with Crippen LogP contribution in [0.2, 0.25) is 5.02 Å². The minimum atomic E-state index is -0.433. The Morgan fingerprint density at radius 3 is 2.47 bits per heavy atom. The number of benzene rings is 1. The molecule has 0 aliphatic heterocycles. The lowest BCUT2D eigenvalue weighted by atomic mass is 9.96. The van der Waals surface area contributed by atoms with Crippen LogP contribution < -0.4 is 11.2 Å². The molecule has 3 heterocycles. The lowest BCUT2D eigenvalue weighted by Gasteiger charge is -2.19. The van der Waals surface area contributed by atoms with Crippen LogP contribution in [-0.4, -0.2) is 24.1 Å². The summed E-state index contributed by atoms with van der Waals surface area (Å²) in [6.45, 7) is 5.94. The van der Waals surface area contributed by atoms with Gasteiger partial charge in [-0.25, -0.2) is 19.7 Å². The first-order valence-electron chi connectivity index (χ1n) is 9.88. The van der Waals surface area contributed by atoms with Crippen molar-refractivity contribution in [2.45, 2.75) is 37.0 Å². The molecular weight excluding hydrogens is 450 g/mol. The van der Waals surface area contributed by atoms with Crippen LogP contribution in [0, 0.1) is 0 Å². The molecule has 0 atom stereocenters. The van der Waals surface area contributed by atoms with Crippen molar-refractivity contribution in [3.63, 3.8) is 0 Å². The average molecular weight is 472 g/mol. The van der Waals surface area contributed by atoms with Gasteiger partial charge < -0.3 is 4.42 Å². The Labute approximate surface area is 193 Å². The van der Waals surface area contributed by atoms with Crippen LogP contribution >= 0.6 is 23.4 Å². The van der Waals surface area contributed by atoms with Crippen molar-refractivity contribution in [1.29, 1.82) is 0 Å². The highest BCUT2D eigenvalue weighted by Crippen LogP contribution is 2.31. The summed E-state index contributed by atoms with van der Waals surface area (Å²) in [6.07, 6.45) is 1.56. The zero-order valence-corrected chi connectivity index (χ0v) is 19.9. The lowest BCUT2D eigenvalue weighted by Crippen LogP contribution is -2.38. The molecule has 0 aliphatic rings. The number of thioether (sulfide) groups is 1. The van der Waals surface area contributed by atoms with E-state index in [1.54, 1.807) is 19.4 Å². The molecule has 0 radical (unpaired) electrons. The van der Waals surface area contributed by atoms with Gasteiger partial charge in [0.2, 0.25) is 5.89 Å². The zero-order valence-electron chi connectivity index (χ0n) is 18.3. The van der Waals surface area contributed by atoms with E-state index >= 15 is 0 Å². The van der Waals surface area contributed by atoms with Crippen LogP contribution in [0.5, 0.6) is 0 Å². The first-order chi connectivity index (χ1) is 15.1. The number of oxazole rings is 1. The van der Waals surface area contributed by atoms with E-state index < -0.39 is 11.2 Å². The Balaban J connectivity index is 1.77. The maximum Gasteiger partial charge on any atom is 0.332 e. The fraction of sp³-hybridized carbons (Fsp3) is 0.318. The maximum atomic E-state index is 12.9. The maximum absolute atomic E-state index is 12.9. The lowest BCUT2D eigenvalue weighted by molar-refractivity contribution is 0.539. The molecule has 32 heavy (non-hydrogen) atoms. The van der Waals surface area contributed by atoms with Gasteiger partial charge in [0.15, 0.2) is 5.65 Å². The Morgan fingerprint density at radius 2 is 1.78 bits per heavy atom. The standard InChI is InChI=1S/C22H22ClN5O3S/c1-22(2,3)20-25-16-15(19(29)28(5)21(30)27(16)4)18(26-20)32-11-12-10-31-17(24-12)13-8-6-7-9-14(13)23/h6-10H,11H2,1-5H3. The van der Waals surface area contributed by atoms with Crippen LogP contribution in [0.1, 0.15) is 32.3 Å². The third-order valence-electron chi connectivity index (χ3n) is 4.95. The first-order valence-corrected chi connectivity index (χ1v) is 11.2. The van der Waals surface area contributed by atoms with Gasteiger partial charge in [-0.1, -0.05) is 56.3 Å². The summed E-state index contributed by atoms with van der Waals surface area (Å²) < 4.78 is 8.06. The summed E-state index contributed by atoms with van der Waals surface area (Å²) in [6, 6.07) is 7.31. The summed E-state index contributed by atoms with van der Waals surface area (Å²) >= 11 is 7.59. The molecule has 1 aromatic carbocycles. The number of hydrogen-bond acceptors (Lipinski definition) is 7. The fourth-order valence-electron chi connectivity index (χ4n) is 3.14. The van der Waals surface area contributed by atoms with E-state index in [0.717, 1.165) is 4.57 Å². The number of aryl methyl sites for hydroxylation is 1. The van der Waals surface area contributed by atoms with Gasteiger partial charge in [0.05, 0.1) is 16.3 Å². The van der Waals surface area contributed by atoms with E-state index in [-0.39, 0.29) is 5.41 Å². The summed E-state index contributed by atoms with van der Waals surface area (Å²) in [5.74, 6) is 1.38. The second kappa shape index (κ2) is 8.22. The molecule has 0 unspecified atom stereocenters. The van der Waals surface area contributed by atoms with Crippen molar-refractivity contribution in [1.82, 2.24) is 24.1 Å². The normalized spacial score (nSPS) is 11.9. The summed E-state index contributed by atoms with van der Waals surface area (Å²) in [7, 11) is 3.05. The van der Waals surface area contributed by atoms with Crippen molar-refractivity contribution in [3.8, 4) is 11.5 Å². The van der Waals surface area contributed by atoms with Crippen molar-refractivity contribution in [2.24, 2.45) is 14.1 Å². The van der Waals surface area contributed by atoms with Crippen molar-refractivity contribution in [3.05, 3.63) is 67.9 Å². The quantitative estimate of drug-likeness (QED) is 0.328. The van der Waals surface area contributed by atoms with Crippen LogP contribution in [0.4, 0.5) is 0 Å². The summed E-state index contributed by atoms with van der Waals surface area (Å²) in [4.78, 5) is 39.1. The molecule has 3 aromatic heterocycles. The monoisotopic (exact) mass is 471 g/mol. The zero-order chi connectivity index (χ0) is 23.2. The van der Waals surface area contributed by atoms with Gasteiger partial charge >= 0.3 is 5.69 Å². The minimum absolute atomic E-state index is 0.308. The van der Waals surface area contributed by atoms with Crippen LogP contribution in [0.3, 0.4) is 0 Å².